The number of hydrogen-bond acceptors (Lipinski definition) is 3. The van der Waals surface area contributed by atoms with Gasteiger partial charge in [0.1, 0.15) is 0 Å². The highest BCUT2D eigenvalue weighted by Crippen LogP contribution is 2.32. The third-order valence-corrected chi connectivity index (χ3v) is 2.07. The van der Waals surface area contributed by atoms with Crippen molar-refractivity contribution in [2.45, 2.75) is 0 Å². The molecule has 1 amide bonds. The lowest BCUT2D eigenvalue weighted by atomic mass is 10.2. The molecule has 0 bridgehead atoms. The van der Waals surface area contributed by atoms with Crippen molar-refractivity contribution in [1.82, 2.24) is 5.32 Å². The van der Waals surface area contributed by atoms with Crippen LogP contribution < -0.4 is 14.8 Å². The summed E-state index contributed by atoms with van der Waals surface area (Å²) in [5, 5.41) is 2.51. The number of hydrogen-bond donors (Lipinski definition) is 1. The van der Waals surface area contributed by atoms with Crippen LogP contribution in [0, 0.1) is 0 Å². The fourth-order valence-electron chi connectivity index (χ4n) is 1.27. The molecule has 1 aliphatic rings. The van der Waals surface area contributed by atoms with Crippen LogP contribution in [0.3, 0.4) is 0 Å². The molecule has 0 aliphatic carbocycles. The number of carbonyl (C=O) groups is 1. The molecule has 0 saturated heterocycles. The lowest BCUT2D eigenvalue weighted by molar-refractivity contribution is -0.115. The van der Waals surface area contributed by atoms with E-state index >= 15 is 0 Å². The van der Waals surface area contributed by atoms with Gasteiger partial charge in [0.15, 0.2) is 11.5 Å². The number of amides is 1. The summed E-state index contributed by atoms with van der Waals surface area (Å²) in [5.41, 5.74) is 0.905. The van der Waals surface area contributed by atoms with E-state index in [1.54, 1.807) is 13.1 Å². The van der Waals surface area contributed by atoms with Gasteiger partial charge in [0.25, 0.3) is 0 Å². The summed E-state index contributed by atoms with van der Waals surface area (Å²) in [4.78, 5) is 11.0. The Kier molecular flexibility index (Phi) is 2.58. The minimum absolute atomic E-state index is 0.132. The predicted molar refractivity (Wildman–Crippen MR) is 55.7 cm³/mol. The van der Waals surface area contributed by atoms with Crippen molar-refractivity contribution in [2.24, 2.45) is 0 Å². The Balaban J connectivity index is 2.16. The largest absolute Gasteiger partial charge is 0.454 e. The fourth-order valence-corrected chi connectivity index (χ4v) is 1.27. The van der Waals surface area contributed by atoms with Gasteiger partial charge in [-0.2, -0.15) is 0 Å². The number of carbonyl (C=O) groups excluding carboxylic acids is 1. The second kappa shape index (κ2) is 4.04. The zero-order chi connectivity index (χ0) is 10.7. The van der Waals surface area contributed by atoms with E-state index < -0.39 is 0 Å². The van der Waals surface area contributed by atoms with E-state index in [9.17, 15) is 4.79 Å². The Morgan fingerprint density at radius 1 is 1.40 bits per heavy atom. The molecule has 4 heteroatoms. The van der Waals surface area contributed by atoms with Gasteiger partial charge in [-0.1, -0.05) is 6.07 Å². The third-order valence-electron chi connectivity index (χ3n) is 2.07. The van der Waals surface area contributed by atoms with Gasteiger partial charge in [0.2, 0.25) is 12.7 Å². The molecule has 1 aromatic rings. The van der Waals surface area contributed by atoms with Crippen LogP contribution in [0.25, 0.3) is 6.08 Å². The molecule has 78 valence electrons. The Labute approximate surface area is 87.5 Å². The quantitative estimate of drug-likeness (QED) is 0.737. The molecule has 4 nitrogen and oxygen atoms in total. The van der Waals surface area contributed by atoms with E-state index in [1.165, 1.54) is 6.08 Å². The summed E-state index contributed by atoms with van der Waals surface area (Å²) in [6, 6.07) is 5.53. The maximum absolute atomic E-state index is 11.0. The molecule has 0 atom stereocenters. The summed E-state index contributed by atoms with van der Waals surface area (Å²) in [7, 11) is 1.59. The van der Waals surface area contributed by atoms with Gasteiger partial charge < -0.3 is 14.8 Å². The monoisotopic (exact) mass is 205 g/mol. The zero-order valence-corrected chi connectivity index (χ0v) is 8.32. The van der Waals surface area contributed by atoms with Gasteiger partial charge in [0.05, 0.1) is 0 Å². The highest BCUT2D eigenvalue weighted by molar-refractivity contribution is 5.91. The molecule has 15 heavy (non-hydrogen) atoms. The Morgan fingerprint density at radius 3 is 3.00 bits per heavy atom. The van der Waals surface area contributed by atoms with Crippen LogP contribution in [-0.2, 0) is 4.79 Å². The van der Waals surface area contributed by atoms with Gasteiger partial charge in [-0.25, -0.2) is 0 Å². The van der Waals surface area contributed by atoms with Crippen molar-refractivity contribution < 1.29 is 14.3 Å². The summed E-state index contributed by atoms with van der Waals surface area (Å²) in [5.74, 6) is 1.33. The average molecular weight is 205 g/mol. The van der Waals surface area contributed by atoms with Gasteiger partial charge in [-0.15, -0.1) is 0 Å². The van der Waals surface area contributed by atoms with Gasteiger partial charge >= 0.3 is 0 Å². The first kappa shape index (κ1) is 9.58. The van der Waals surface area contributed by atoms with Crippen LogP contribution in [0.4, 0.5) is 0 Å². The van der Waals surface area contributed by atoms with Crippen LogP contribution >= 0.6 is 0 Å². The number of fused-ring (bicyclic) bond motifs is 1. The number of likely N-dealkylation sites (N-methyl/N-ethyl adjacent to an activating group) is 1. The van der Waals surface area contributed by atoms with E-state index in [4.69, 9.17) is 9.47 Å². The Morgan fingerprint density at radius 2 is 2.20 bits per heavy atom. The molecule has 1 aliphatic heterocycles. The number of rotatable bonds is 2. The van der Waals surface area contributed by atoms with Crippen LogP contribution in [0.1, 0.15) is 5.56 Å². The zero-order valence-electron chi connectivity index (χ0n) is 8.32. The van der Waals surface area contributed by atoms with Crippen LogP contribution in [0.2, 0.25) is 0 Å². The van der Waals surface area contributed by atoms with Crippen LogP contribution in [0.15, 0.2) is 24.3 Å². The maximum atomic E-state index is 11.0. The molecule has 1 N–H and O–H groups in total. The van der Waals surface area contributed by atoms with Gasteiger partial charge in [-0.3, -0.25) is 4.79 Å². The summed E-state index contributed by atoms with van der Waals surface area (Å²) >= 11 is 0. The normalized spacial score (nSPS) is 13.1. The molecule has 0 saturated carbocycles. The van der Waals surface area contributed by atoms with Crippen LogP contribution in [0.5, 0.6) is 11.5 Å². The molecule has 1 heterocycles. The van der Waals surface area contributed by atoms with Crippen molar-refractivity contribution in [3.63, 3.8) is 0 Å². The summed E-state index contributed by atoms with van der Waals surface area (Å²) in [6.07, 6.45) is 3.19. The molecule has 0 spiro atoms. The van der Waals surface area contributed by atoms with E-state index in [1.807, 2.05) is 18.2 Å². The number of nitrogens with one attached hydrogen (secondary N) is 1. The lowest BCUT2D eigenvalue weighted by Gasteiger charge is -1.97. The van der Waals surface area contributed by atoms with Crippen molar-refractivity contribution in [3.8, 4) is 11.5 Å². The molecule has 1 aromatic carbocycles. The van der Waals surface area contributed by atoms with Crippen molar-refractivity contribution >= 4 is 12.0 Å². The van der Waals surface area contributed by atoms with Gasteiger partial charge in [0, 0.05) is 13.1 Å². The maximum Gasteiger partial charge on any atom is 0.243 e. The van der Waals surface area contributed by atoms with Gasteiger partial charge in [-0.05, 0) is 23.8 Å². The third kappa shape index (κ3) is 2.10. The molecule has 0 radical (unpaired) electrons. The summed E-state index contributed by atoms with van der Waals surface area (Å²) < 4.78 is 10.4. The van der Waals surface area contributed by atoms with Crippen molar-refractivity contribution in [3.05, 3.63) is 29.8 Å². The van der Waals surface area contributed by atoms with E-state index in [-0.39, 0.29) is 12.7 Å². The van der Waals surface area contributed by atoms with Crippen molar-refractivity contribution in [2.75, 3.05) is 13.8 Å². The minimum Gasteiger partial charge on any atom is -0.454 e. The molecule has 0 fully saturated rings. The predicted octanol–water partition coefficient (Wildman–Crippen LogP) is 1.17. The van der Waals surface area contributed by atoms with E-state index in [0.717, 1.165) is 11.3 Å². The highest BCUT2D eigenvalue weighted by atomic mass is 16.7. The smallest absolute Gasteiger partial charge is 0.243 e. The minimum atomic E-state index is -0.132. The van der Waals surface area contributed by atoms with E-state index in [2.05, 4.69) is 5.32 Å². The summed E-state index contributed by atoms with van der Waals surface area (Å²) in [6.45, 7) is 0.262. The standard InChI is InChI=1S/C11H11NO3/c1-12-11(13)5-3-8-2-4-9-10(6-8)15-7-14-9/h2-6H,7H2,1H3,(H,12,13). The molecular weight excluding hydrogens is 194 g/mol. The fraction of sp³-hybridized carbons (Fsp3) is 0.182. The highest BCUT2D eigenvalue weighted by Gasteiger charge is 2.12. The number of ether oxygens (including phenoxy) is 2. The lowest BCUT2D eigenvalue weighted by Crippen LogP contribution is -2.13. The molecule has 0 unspecified atom stereocenters. The van der Waals surface area contributed by atoms with Crippen molar-refractivity contribution in [1.29, 1.82) is 0 Å². The number of benzene rings is 1. The Bertz CT molecular complexity index is 412. The Hall–Kier alpha value is -1.97. The first-order valence-corrected chi connectivity index (χ1v) is 4.59. The second-order valence-corrected chi connectivity index (χ2v) is 3.06. The SMILES string of the molecule is CNC(=O)C=Cc1ccc2c(c1)OCO2. The van der Waals surface area contributed by atoms with Crippen LogP contribution in [-0.4, -0.2) is 19.7 Å². The average Bonchev–Trinajstić information content (AvgIpc) is 2.72. The molecule has 0 aromatic heterocycles. The second-order valence-electron chi connectivity index (χ2n) is 3.06. The van der Waals surface area contributed by atoms with E-state index in [0.29, 0.717) is 5.75 Å². The first-order chi connectivity index (χ1) is 7.29. The molecule has 2 rings (SSSR count). The first-order valence-electron chi connectivity index (χ1n) is 4.59. The molecular formula is C11H11NO3. The topological polar surface area (TPSA) is 47.6 Å².